The second kappa shape index (κ2) is 10.3. The van der Waals surface area contributed by atoms with E-state index in [1.54, 1.807) is 18.9 Å². The molecule has 1 unspecified atom stereocenters. The monoisotopic (exact) mass is 236 g/mol. The Kier molecular flexibility index (Phi) is 10.1. The summed E-state index contributed by atoms with van der Waals surface area (Å²) >= 11 is 1.71. The standard InChI is InChI=1S/C10H20O4S/c1-9(8-10(11)13-3)15-7-6-14-5-4-12-2/h9H,4-8H2,1-3H3. The van der Waals surface area contributed by atoms with Gasteiger partial charge in [-0.3, -0.25) is 4.79 Å². The molecular weight excluding hydrogens is 216 g/mol. The van der Waals surface area contributed by atoms with Crippen molar-refractivity contribution in [2.24, 2.45) is 0 Å². The van der Waals surface area contributed by atoms with Crippen molar-refractivity contribution in [2.45, 2.75) is 18.6 Å². The predicted molar refractivity (Wildman–Crippen MR) is 61.2 cm³/mol. The first-order valence-corrected chi connectivity index (χ1v) is 6.00. The lowest BCUT2D eigenvalue weighted by molar-refractivity contribution is -0.140. The van der Waals surface area contributed by atoms with Gasteiger partial charge in [-0.15, -0.1) is 0 Å². The minimum Gasteiger partial charge on any atom is -0.469 e. The number of rotatable bonds is 9. The third-order valence-corrected chi connectivity index (χ3v) is 2.88. The summed E-state index contributed by atoms with van der Waals surface area (Å²) in [4.78, 5) is 10.9. The van der Waals surface area contributed by atoms with Crippen molar-refractivity contribution >= 4 is 17.7 Å². The van der Waals surface area contributed by atoms with E-state index in [9.17, 15) is 4.79 Å². The topological polar surface area (TPSA) is 44.8 Å². The highest BCUT2D eigenvalue weighted by atomic mass is 32.2. The molecule has 5 heteroatoms. The maximum absolute atomic E-state index is 10.9. The number of carbonyl (C=O) groups excluding carboxylic acids is 1. The van der Waals surface area contributed by atoms with E-state index in [2.05, 4.69) is 4.74 Å². The highest BCUT2D eigenvalue weighted by Gasteiger charge is 2.08. The molecule has 0 bridgehead atoms. The van der Waals surface area contributed by atoms with Crippen LogP contribution in [0.2, 0.25) is 0 Å². The fourth-order valence-electron chi connectivity index (χ4n) is 0.930. The van der Waals surface area contributed by atoms with E-state index >= 15 is 0 Å². The molecule has 4 nitrogen and oxygen atoms in total. The van der Waals surface area contributed by atoms with Gasteiger partial charge in [0.05, 0.1) is 33.4 Å². The molecular formula is C10H20O4S. The van der Waals surface area contributed by atoms with Gasteiger partial charge in [0.2, 0.25) is 0 Å². The second-order valence-corrected chi connectivity index (χ2v) is 4.61. The van der Waals surface area contributed by atoms with Crippen molar-refractivity contribution in [1.29, 1.82) is 0 Å². The van der Waals surface area contributed by atoms with E-state index in [1.807, 2.05) is 6.92 Å². The van der Waals surface area contributed by atoms with Gasteiger partial charge >= 0.3 is 5.97 Å². The smallest absolute Gasteiger partial charge is 0.306 e. The van der Waals surface area contributed by atoms with E-state index in [1.165, 1.54) is 7.11 Å². The molecule has 0 heterocycles. The molecule has 0 N–H and O–H groups in total. The van der Waals surface area contributed by atoms with Crippen LogP contribution in [0, 0.1) is 0 Å². The van der Waals surface area contributed by atoms with Crippen LogP contribution in [0.4, 0.5) is 0 Å². The molecule has 1 atom stereocenters. The van der Waals surface area contributed by atoms with Crippen molar-refractivity contribution in [3.63, 3.8) is 0 Å². The van der Waals surface area contributed by atoms with Crippen molar-refractivity contribution in [1.82, 2.24) is 0 Å². The quantitative estimate of drug-likeness (QED) is 0.446. The summed E-state index contributed by atoms with van der Waals surface area (Å²) in [5, 5.41) is 0.281. The maximum Gasteiger partial charge on any atom is 0.306 e. The highest BCUT2D eigenvalue weighted by molar-refractivity contribution is 7.99. The summed E-state index contributed by atoms with van der Waals surface area (Å²) in [7, 11) is 3.06. The number of hydrogen-bond donors (Lipinski definition) is 0. The normalized spacial score (nSPS) is 12.5. The van der Waals surface area contributed by atoms with Crippen LogP contribution < -0.4 is 0 Å². The van der Waals surface area contributed by atoms with Gasteiger partial charge in [0.25, 0.3) is 0 Å². The van der Waals surface area contributed by atoms with Gasteiger partial charge in [0, 0.05) is 18.1 Å². The number of esters is 1. The van der Waals surface area contributed by atoms with E-state index in [0.29, 0.717) is 26.2 Å². The van der Waals surface area contributed by atoms with Crippen LogP contribution in [0.1, 0.15) is 13.3 Å². The third-order valence-electron chi connectivity index (χ3n) is 1.74. The van der Waals surface area contributed by atoms with Crippen LogP contribution in [-0.2, 0) is 19.0 Å². The third kappa shape index (κ3) is 10.0. The first-order chi connectivity index (χ1) is 7.20. The number of thioether (sulfide) groups is 1. The molecule has 0 saturated heterocycles. The molecule has 0 rings (SSSR count). The van der Waals surface area contributed by atoms with Gasteiger partial charge in [0.1, 0.15) is 0 Å². The Balaban J connectivity index is 3.23. The fourth-order valence-corrected chi connectivity index (χ4v) is 1.80. The van der Waals surface area contributed by atoms with Gasteiger partial charge in [0.15, 0.2) is 0 Å². The molecule has 90 valence electrons. The Hall–Kier alpha value is -0.260. The molecule has 0 saturated carbocycles. The summed E-state index contributed by atoms with van der Waals surface area (Å²) in [6, 6.07) is 0. The fraction of sp³-hybridized carbons (Fsp3) is 0.900. The SMILES string of the molecule is COCCOCCSC(C)CC(=O)OC. The number of methoxy groups -OCH3 is 2. The molecule has 0 aromatic rings. The molecule has 0 amide bonds. The molecule has 0 aliphatic rings. The zero-order valence-electron chi connectivity index (χ0n) is 9.65. The average molecular weight is 236 g/mol. The Morgan fingerprint density at radius 2 is 2.00 bits per heavy atom. The zero-order chi connectivity index (χ0) is 11.5. The van der Waals surface area contributed by atoms with Crippen molar-refractivity contribution < 1.29 is 19.0 Å². The van der Waals surface area contributed by atoms with Crippen LogP contribution in [0.15, 0.2) is 0 Å². The number of carbonyl (C=O) groups is 1. The second-order valence-electron chi connectivity index (χ2n) is 3.07. The Labute approximate surface area is 95.6 Å². The Bertz CT molecular complexity index is 164. The molecule has 0 aromatic heterocycles. The lowest BCUT2D eigenvalue weighted by Gasteiger charge is -2.09. The van der Waals surface area contributed by atoms with Crippen LogP contribution in [-0.4, -0.2) is 51.0 Å². The predicted octanol–water partition coefficient (Wildman–Crippen LogP) is 1.33. The minimum absolute atomic E-state index is 0.157. The van der Waals surface area contributed by atoms with Gasteiger partial charge in [-0.1, -0.05) is 6.92 Å². The first-order valence-electron chi connectivity index (χ1n) is 4.95. The summed E-state index contributed by atoms with van der Waals surface area (Å²) < 4.78 is 14.7. The molecule has 0 fully saturated rings. The van der Waals surface area contributed by atoms with Gasteiger partial charge < -0.3 is 14.2 Å². The molecule has 0 radical (unpaired) electrons. The molecule has 15 heavy (non-hydrogen) atoms. The summed E-state index contributed by atoms with van der Waals surface area (Å²) in [5.41, 5.74) is 0. The minimum atomic E-state index is -0.157. The summed E-state index contributed by atoms with van der Waals surface area (Å²) in [6.07, 6.45) is 0.458. The van der Waals surface area contributed by atoms with E-state index in [0.717, 1.165) is 5.75 Å². The Morgan fingerprint density at radius 1 is 1.27 bits per heavy atom. The number of ether oxygens (including phenoxy) is 3. The molecule has 0 aliphatic heterocycles. The van der Waals surface area contributed by atoms with Crippen molar-refractivity contribution in [2.75, 3.05) is 39.8 Å². The maximum atomic E-state index is 10.9. The van der Waals surface area contributed by atoms with Gasteiger partial charge in [-0.25, -0.2) is 0 Å². The van der Waals surface area contributed by atoms with Crippen molar-refractivity contribution in [3.05, 3.63) is 0 Å². The largest absolute Gasteiger partial charge is 0.469 e. The van der Waals surface area contributed by atoms with Crippen LogP contribution in [0.5, 0.6) is 0 Å². The van der Waals surface area contributed by atoms with Crippen LogP contribution in [0.3, 0.4) is 0 Å². The average Bonchev–Trinajstić information content (AvgIpc) is 2.23. The lowest BCUT2D eigenvalue weighted by Crippen LogP contribution is -2.11. The van der Waals surface area contributed by atoms with Crippen molar-refractivity contribution in [3.8, 4) is 0 Å². The first kappa shape index (κ1) is 14.7. The lowest BCUT2D eigenvalue weighted by atomic mass is 10.3. The van der Waals surface area contributed by atoms with E-state index in [4.69, 9.17) is 9.47 Å². The van der Waals surface area contributed by atoms with Crippen LogP contribution >= 0.6 is 11.8 Å². The summed E-state index contributed by atoms with van der Waals surface area (Å²) in [6.45, 7) is 3.96. The zero-order valence-corrected chi connectivity index (χ0v) is 10.5. The van der Waals surface area contributed by atoms with Gasteiger partial charge in [-0.2, -0.15) is 11.8 Å². The summed E-state index contributed by atoms with van der Waals surface area (Å²) in [5.74, 6) is 0.734. The van der Waals surface area contributed by atoms with E-state index < -0.39 is 0 Å². The molecule has 0 spiro atoms. The highest BCUT2D eigenvalue weighted by Crippen LogP contribution is 2.13. The molecule has 0 aliphatic carbocycles. The van der Waals surface area contributed by atoms with E-state index in [-0.39, 0.29) is 11.2 Å². The number of hydrogen-bond acceptors (Lipinski definition) is 5. The van der Waals surface area contributed by atoms with Crippen LogP contribution in [0.25, 0.3) is 0 Å². The van der Waals surface area contributed by atoms with Gasteiger partial charge in [-0.05, 0) is 0 Å². The molecule has 0 aromatic carbocycles. The Morgan fingerprint density at radius 3 is 2.60 bits per heavy atom.